The normalized spacial score (nSPS) is 13.2. The van der Waals surface area contributed by atoms with Gasteiger partial charge in [-0.25, -0.2) is 10.4 Å². The van der Waals surface area contributed by atoms with Gasteiger partial charge in [-0.2, -0.15) is 10.2 Å². The summed E-state index contributed by atoms with van der Waals surface area (Å²) >= 11 is 6.14. The summed E-state index contributed by atoms with van der Waals surface area (Å²) in [5.41, 5.74) is 3.43. The maximum absolute atomic E-state index is 6.14. The molecule has 0 bridgehead atoms. The molecule has 0 fully saturated rings. The maximum Gasteiger partial charge on any atom is 0.148 e. The molecule has 2 heterocycles. The van der Waals surface area contributed by atoms with E-state index in [-0.39, 0.29) is 12.1 Å². The molecule has 0 aromatic carbocycles. The third-order valence-electron chi connectivity index (χ3n) is 2.42. The molecule has 7 nitrogen and oxygen atoms in total. The van der Waals surface area contributed by atoms with Crippen molar-refractivity contribution in [3.63, 3.8) is 0 Å². The van der Waals surface area contributed by atoms with Crippen molar-refractivity contribution in [2.75, 3.05) is 0 Å². The molecule has 1 unspecified atom stereocenters. The monoisotopic (exact) mass is 255 g/mol. The Morgan fingerprint density at radius 3 is 2.82 bits per heavy atom. The molecule has 0 amide bonds. The van der Waals surface area contributed by atoms with Crippen molar-refractivity contribution in [1.82, 2.24) is 30.4 Å². The highest BCUT2D eigenvalue weighted by Crippen LogP contribution is 2.27. The van der Waals surface area contributed by atoms with Crippen LogP contribution in [0.1, 0.15) is 37.4 Å². The van der Waals surface area contributed by atoms with Crippen LogP contribution in [0.4, 0.5) is 0 Å². The fraction of sp³-hybridized carbons (Fsp3) is 0.444. The van der Waals surface area contributed by atoms with E-state index in [1.54, 1.807) is 10.9 Å². The average Bonchev–Trinajstić information content (AvgIpc) is 2.91. The van der Waals surface area contributed by atoms with Crippen LogP contribution < -0.4 is 11.3 Å². The summed E-state index contributed by atoms with van der Waals surface area (Å²) in [5, 5.41) is 11.3. The third-order valence-corrected chi connectivity index (χ3v) is 2.71. The van der Waals surface area contributed by atoms with Crippen molar-refractivity contribution >= 4 is 11.6 Å². The number of H-pyrrole nitrogens is 1. The number of hydrogen-bond donors (Lipinski definition) is 3. The molecular formula is C9H14ClN7. The zero-order valence-electron chi connectivity index (χ0n) is 9.55. The second-order valence-electron chi connectivity index (χ2n) is 3.89. The van der Waals surface area contributed by atoms with Gasteiger partial charge in [-0.05, 0) is 13.8 Å². The Bertz CT molecular complexity index is 476. The first-order chi connectivity index (χ1) is 8.15. The van der Waals surface area contributed by atoms with Crippen LogP contribution in [-0.4, -0.2) is 25.0 Å². The third kappa shape index (κ3) is 2.17. The standard InChI is InChI=1S/C9H14ClN7/c1-5(2)17-8(6(10)3-14-17)7(15-11)9-12-4-13-16-9/h3-5,7,15H,11H2,1-2H3,(H,12,13,16). The summed E-state index contributed by atoms with van der Waals surface area (Å²) in [6.45, 7) is 4.03. The van der Waals surface area contributed by atoms with E-state index in [1.807, 2.05) is 13.8 Å². The second kappa shape index (κ2) is 4.82. The fourth-order valence-corrected chi connectivity index (χ4v) is 1.91. The molecule has 0 aliphatic carbocycles. The molecule has 17 heavy (non-hydrogen) atoms. The maximum atomic E-state index is 6.14. The summed E-state index contributed by atoms with van der Waals surface area (Å²) < 4.78 is 1.80. The summed E-state index contributed by atoms with van der Waals surface area (Å²) in [4.78, 5) is 4.08. The smallest absolute Gasteiger partial charge is 0.148 e. The molecule has 0 aliphatic heterocycles. The Kier molecular flexibility index (Phi) is 3.41. The largest absolute Gasteiger partial charge is 0.270 e. The molecule has 2 aromatic heterocycles. The lowest BCUT2D eigenvalue weighted by Gasteiger charge is -2.18. The Labute approximate surface area is 103 Å². The van der Waals surface area contributed by atoms with Crippen LogP contribution in [0.2, 0.25) is 5.02 Å². The summed E-state index contributed by atoms with van der Waals surface area (Å²) in [6, 6.07) is -0.189. The van der Waals surface area contributed by atoms with E-state index in [1.165, 1.54) is 6.33 Å². The number of rotatable bonds is 4. The number of hydrogen-bond acceptors (Lipinski definition) is 5. The predicted molar refractivity (Wildman–Crippen MR) is 63.2 cm³/mol. The van der Waals surface area contributed by atoms with Crippen LogP contribution in [0.5, 0.6) is 0 Å². The van der Waals surface area contributed by atoms with Gasteiger partial charge in [0.15, 0.2) is 0 Å². The van der Waals surface area contributed by atoms with E-state index in [0.717, 1.165) is 5.69 Å². The van der Waals surface area contributed by atoms with Gasteiger partial charge in [0, 0.05) is 6.04 Å². The van der Waals surface area contributed by atoms with E-state index in [0.29, 0.717) is 10.8 Å². The van der Waals surface area contributed by atoms with Gasteiger partial charge < -0.3 is 0 Å². The van der Waals surface area contributed by atoms with E-state index < -0.39 is 0 Å². The summed E-state index contributed by atoms with van der Waals surface area (Å²) in [6.07, 6.45) is 3.02. The highest BCUT2D eigenvalue weighted by molar-refractivity contribution is 6.31. The minimum atomic E-state index is -0.366. The van der Waals surface area contributed by atoms with Crippen LogP contribution >= 0.6 is 11.6 Å². The van der Waals surface area contributed by atoms with E-state index >= 15 is 0 Å². The fourth-order valence-electron chi connectivity index (χ4n) is 1.67. The van der Waals surface area contributed by atoms with Crippen LogP contribution in [0.15, 0.2) is 12.5 Å². The predicted octanol–water partition coefficient (Wildman–Crippen LogP) is 0.788. The molecule has 8 heteroatoms. The molecule has 0 saturated carbocycles. The summed E-state index contributed by atoms with van der Waals surface area (Å²) in [7, 11) is 0. The lowest BCUT2D eigenvalue weighted by molar-refractivity contribution is 0.469. The number of aromatic nitrogens is 5. The quantitative estimate of drug-likeness (QED) is 0.554. The topological polar surface area (TPSA) is 97.4 Å². The SMILES string of the molecule is CC(C)n1ncc(Cl)c1C(NN)c1ncn[nH]1. The highest BCUT2D eigenvalue weighted by Gasteiger charge is 2.24. The molecule has 0 radical (unpaired) electrons. The molecule has 4 N–H and O–H groups in total. The Morgan fingerprint density at radius 1 is 1.53 bits per heavy atom. The zero-order valence-corrected chi connectivity index (χ0v) is 10.3. The summed E-state index contributed by atoms with van der Waals surface area (Å²) in [5.74, 6) is 6.15. The number of hydrazine groups is 1. The molecule has 0 spiro atoms. The van der Waals surface area contributed by atoms with Gasteiger partial charge in [0.2, 0.25) is 0 Å². The first-order valence-corrected chi connectivity index (χ1v) is 5.57. The van der Waals surface area contributed by atoms with Crippen LogP contribution in [-0.2, 0) is 0 Å². The number of aromatic amines is 1. The molecule has 0 aliphatic rings. The minimum Gasteiger partial charge on any atom is -0.270 e. The van der Waals surface area contributed by atoms with Crippen molar-refractivity contribution in [3.8, 4) is 0 Å². The van der Waals surface area contributed by atoms with Crippen LogP contribution in [0, 0.1) is 0 Å². The van der Waals surface area contributed by atoms with Crippen LogP contribution in [0.3, 0.4) is 0 Å². The van der Waals surface area contributed by atoms with Gasteiger partial charge in [-0.1, -0.05) is 11.6 Å². The lowest BCUT2D eigenvalue weighted by atomic mass is 10.2. The number of nitrogens with two attached hydrogens (primary N) is 1. The molecule has 2 aromatic rings. The van der Waals surface area contributed by atoms with Gasteiger partial charge >= 0.3 is 0 Å². The van der Waals surface area contributed by atoms with Gasteiger partial charge in [0.25, 0.3) is 0 Å². The average molecular weight is 256 g/mol. The van der Waals surface area contributed by atoms with E-state index in [2.05, 4.69) is 25.7 Å². The Balaban J connectivity index is 2.47. The van der Waals surface area contributed by atoms with Crippen molar-refractivity contribution in [3.05, 3.63) is 29.1 Å². The van der Waals surface area contributed by atoms with Crippen molar-refractivity contribution < 1.29 is 0 Å². The first-order valence-electron chi connectivity index (χ1n) is 5.19. The number of nitrogens with zero attached hydrogens (tertiary/aromatic N) is 4. The van der Waals surface area contributed by atoms with Gasteiger partial charge in [-0.3, -0.25) is 15.6 Å². The van der Waals surface area contributed by atoms with E-state index in [9.17, 15) is 0 Å². The first kappa shape index (κ1) is 12.0. The van der Waals surface area contributed by atoms with Crippen molar-refractivity contribution in [2.24, 2.45) is 5.84 Å². The zero-order chi connectivity index (χ0) is 12.4. The molecular weight excluding hydrogens is 242 g/mol. The van der Waals surface area contributed by atoms with Gasteiger partial charge in [0.1, 0.15) is 18.2 Å². The van der Waals surface area contributed by atoms with Crippen molar-refractivity contribution in [1.29, 1.82) is 0 Å². The Morgan fingerprint density at radius 2 is 2.29 bits per heavy atom. The Hall–Kier alpha value is -1.44. The minimum absolute atomic E-state index is 0.177. The van der Waals surface area contributed by atoms with E-state index in [4.69, 9.17) is 17.4 Å². The number of nitrogens with one attached hydrogen (secondary N) is 2. The van der Waals surface area contributed by atoms with Crippen molar-refractivity contribution in [2.45, 2.75) is 25.9 Å². The highest BCUT2D eigenvalue weighted by atomic mass is 35.5. The van der Waals surface area contributed by atoms with Crippen LogP contribution in [0.25, 0.3) is 0 Å². The second-order valence-corrected chi connectivity index (χ2v) is 4.29. The number of halogens is 1. The molecule has 92 valence electrons. The van der Waals surface area contributed by atoms with Gasteiger partial charge in [-0.15, -0.1) is 0 Å². The molecule has 1 atom stereocenters. The van der Waals surface area contributed by atoms with Gasteiger partial charge in [0.05, 0.1) is 16.9 Å². The molecule has 0 saturated heterocycles. The lowest BCUT2D eigenvalue weighted by Crippen LogP contribution is -2.32. The molecule has 2 rings (SSSR count).